The van der Waals surface area contributed by atoms with E-state index in [9.17, 15) is 4.79 Å². The number of rotatable bonds is 3. The van der Waals surface area contributed by atoms with E-state index >= 15 is 0 Å². The van der Waals surface area contributed by atoms with Crippen molar-refractivity contribution < 1.29 is 4.79 Å². The molecule has 3 heterocycles. The number of hydrogen-bond donors (Lipinski definition) is 2. The number of anilines is 1. The molecule has 0 fully saturated rings. The van der Waals surface area contributed by atoms with Crippen LogP contribution in [0.25, 0.3) is 0 Å². The molecule has 0 saturated carbocycles. The van der Waals surface area contributed by atoms with Gasteiger partial charge in [-0.05, 0) is 38.0 Å². The highest BCUT2D eigenvalue weighted by molar-refractivity contribution is 8.13. The molecule has 3 rings (SSSR count). The van der Waals surface area contributed by atoms with Gasteiger partial charge in [0.25, 0.3) is 5.91 Å². The fraction of sp³-hybridized carbons (Fsp3) is 0.312. The molecule has 0 aromatic carbocycles. The first kappa shape index (κ1) is 16.4. The number of hydrogen-bond acceptors (Lipinski definition) is 7. The van der Waals surface area contributed by atoms with Gasteiger partial charge in [0.1, 0.15) is 11.5 Å². The molecule has 0 unspecified atom stereocenters. The number of pyridine rings is 1. The van der Waals surface area contributed by atoms with Gasteiger partial charge in [0, 0.05) is 18.1 Å². The molecule has 0 radical (unpaired) electrons. The number of thioether (sulfide) groups is 1. The second-order valence-corrected chi connectivity index (χ2v) is 6.86. The van der Waals surface area contributed by atoms with Crippen molar-refractivity contribution in [3.05, 3.63) is 47.7 Å². The molecule has 1 amide bonds. The Morgan fingerprint density at radius 1 is 1.33 bits per heavy atom. The minimum absolute atomic E-state index is 0.246. The van der Waals surface area contributed by atoms with Crippen molar-refractivity contribution >= 4 is 28.7 Å². The molecular weight excluding hydrogens is 324 g/mol. The summed E-state index contributed by atoms with van der Waals surface area (Å²) in [7, 11) is 0. The zero-order valence-electron chi connectivity index (χ0n) is 13.5. The van der Waals surface area contributed by atoms with E-state index in [2.05, 4.69) is 25.3 Å². The van der Waals surface area contributed by atoms with Crippen LogP contribution in [0.15, 0.2) is 35.7 Å². The van der Waals surface area contributed by atoms with Gasteiger partial charge in [0.05, 0.1) is 17.4 Å². The first-order valence-corrected chi connectivity index (χ1v) is 8.49. The lowest BCUT2D eigenvalue weighted by atomic mass is 9.90. The smallest absolute Gasteiger partial charge is 0.277 e. The van der Waals surface area contributed by atoms with Crippen LogP contribution in [0.3, 0.4) is 0 Å². The van der Waals surface area contributed by atoms with Gasteiger partial charge in [-0.15, -0.1) is 0 Å². The first-order valence-electron chi connectivity index (χ1n) is 7.51. The van der Waals surface area contributed by atoms with Crippen molar-refractivity contribution in [3.8, 4) is 0 Å². The topological polar surface area (TPSA) is 106 Å². The summed E-state index contributed by atoms with van der Waals surface area (Å²) in [5, 5.41) is 3.33. The standard InChI is InChI=1S/C16H18N6OS/c1-10-8-20-12(9-19-10)14(23)21-13-7-11(3-5-18-13)16(2)4-6-24-15(17)22-16/h3,5,7-9H,4,6H2,1-2H3,(H2,17,22)(H,18,21,23)/t16-/m0/s1. The SMILES string of the molecule is Cc1cnc(C(=O)Nc2cc([C@]3(C)CCSC(N)=N3)ccn2)cn1. The first-order chi connectivity index (χ1) is 11.5. The molecule has 0 saturated heterocycles. The van der Waals surface area contributed by atoms with E-state index in [1.807, 2.05) is 26.0 Å². The van der Waals surface area contributed by atoms with Crippen LogP contribution in [0, 0.1) is 6.92 Å². The van der Waals surface area contributed by atoms with Gasteiger partial charge in [-0.25, -0.2) is 9.97 Å². The summed E-state index contributed by atoms with van der Waals surface area (Å²) < 4.78 is 0. The van der Waals surface area contributed by atoms with Gasteiger partial charge in [-0.1, -0.05) is 11.8 Å². The van der Waals surface area contributed by atoms with Crippen molar-refractivity contribution in [2.24, 2.45) is 10.7 Å². The monoisotopic (exact) mass is 342 g/mol. The molecule has 124 valence electrons. The van der Waals surface area contributed by atoms with E-state index in [1.165, 1.54) is 6.20 Å². The highest BCUT2D eigenvalue weighted by Crippen LogP contribution is 2.35. The van der Waals surface area contributed by atoms with Crippen LogP contribution >= 0.6 is 11.8 Å². The van der Waals surface area contributed by atoms with Gasteiger partial charge >= 0.3 is 0 Å². The van der Waals surface area contributed by atoms with E-state index in [4.69, 9.17) is 5.73 Å². The highest BCUT2D eigenvalue weighted by atomic mass is 32.2. The number of nitrogens with two attached hydrogens (primary N) is 1. The summed E-state index contributed by atoms with van der Waals surface area (Å²) in [6, 6.07) is 3.72. The fourth-order valence-electron chi connectivity index (χ4n) is 2.42. The quantitative estimate of drug-likeness (QED) is 0.885. The van der Waals surface area contributed by atoms with Gasteiger partial charge < -0.3 is 11.1 Å². The van der Waals surface area contributed by atoms with Crippen molar-refractivity contribution in [3.63, 3.8) is 0 Å². The van der Waals surface area contributed by atoms with E-state index in [0.29, 0.717) is 11.0 Å². The predicted molar refractivity (Wildman–Crippen MR) is 95.0 cm³/mol. The van der Waals surface area contributed by atoms with Gasteiger partial charge in [0.2, 0.25) is 0 Å². The van der Waals surface area contributed by atoms with Gasteiger partial charge in [-0.2, -0.15) is 0 Å². The maximum Gasteiger partial charge on any atom is 0.277 e. The Labute approximate surface area is 144 Å². The van der Waals surface area contributed by atoms with Gasteiger partial charge in [0.15, 0.2) is 5.17 Å². The average Bonchev–Trinajstić information content (AvgIpc) is 2.55. The van der Waals surface area contributed by atoms with Crippen molar-refractivity contribution in [2.75, 3.05) is 11.1 Å². The zero-order valence-corrected chi connectivity index (χ0v) is 14.3. The van der Waals surface area contributed by atoms with Crippen molar-refractivity contribution in [1.29, 1.82) is 0 Å². The average molecular weight is 342 g/mol. The molecule has 24 heavy (non-hydrogen) atoms. The summed E-state index contributed by atoms with van der Waals surface area (Å²) in [5.74, 6) is 1.02. The highest BCUT2D eigenvalue weighted by Gasteiger charge is 2.29. The molecule has 7 nitrogen and oxygen atoms in total. The lowest BCUT2D eigenvalue weighted by Crippen LogP contribution is -2.29. The Balaban J connectivity index is 1.82. The third kappa shape index (κ3) is 3.53. The summed E-state index contributed by atoms with van der Waals surface area (Å²) in [5.41, 5.74) is 7.43. The molecule has 1 aliphatic heterocycles. The second-order valence-electron chi connectivity index (χ2n) is 5.75. The van der Waals surface area contributed by atoms with E-state index in [-0.39, 0.29) is 11.6 Å². The number of nitrogens with zero attached hydrogens (tertiary/aromatic N) is 4. The van der Waals surface area contributed by atoms with E-state index in [0.717, 1.165) is 23.4 Å². The van der Waals surface area contributed by atoms with Crippen LogP contribution in [-0.4, -0.2) is 31.8 Å². The Morgan fingerprint density at radius 2 is 2.17 bits per heavy atom. The largest absolute Gasteiger partial charge is 0.379 e. The van der Waals surface area contributed by atoms with Crippen LogP contribution in [0.4, 0.5) is 5.82 Å². The summed E-state index contributed by atoms with van der Waals surface area (Å²) >= 11 is 1.56. The maximum absolute atomic E-state index is 12.2. The molecule has 1 atom stereocenters. The predicted octanol–water partition coefficient (Wildman–Crippen LogP) is 2.10. The molecule has 0 spiro atoms. The van der Waals surface area contributed by atoms with Crippen LogP contribution in [0.5, 0.6) is 0 Å². The van der Waals surface area contributed by atoms with Crippen LogP contribution in [0.2, 0.25) is 0 Å². The molecule has 0 bridgehead atoms. The Bertz CT molecular complexity index is 791. The molecule has 2 aromatic rings. The van der Waals surface area contributed by atoms with Crippen molar-refractivity contribution in [2.45, 2.75) is 25.8 Å². The van der Waals surface area contributed by atoms with Crippen molar-refractivity contribution in [1.82, 2.24) is 15.0 Å². The number of aliphatic imine (C=N–C) groups is 1. The fourth-order valence-corrected chi connectivity index (χ4v) is 3.39. The lowest BCUT2D eigenvalue weighted by molar-refractivity contribution is 0.102. The number of aryl methyl sites for hydroxylation is 1. The van der Waals surface area contributed by atoms with E-state index in [1.54, 1.807) is 24.2 Å². The maximum atomic E-state index is 12.2. The lowest BCUT2D eigenvalue weighted by Gasteiger charge is -2.29. The van der Waals surface area contributed by atoms with Crippen LogP contribution < -0.4 is 11.1 Å². The number of nitrogens with one attached hydrogen (secondary N) is 1. The molecule has 8 heteroatoms. The molecule has 2 aromatic heterocycles. The van der Waals surface area contributed by atoms with Crippen LogP contribution in [-0.2, 0) is 5.54 Å². The second kappa shape index (κ2) is 6.56. The van der Waals surface area contributed by atoms with Crippen LogP contribution in [0.1, 0.15) is 35.1 Å². The zero-order chi connectivity index (χ0) is 17.2. The number of amidine groups is 1. The molecule has 3 N–H and O–H groups in total. The van der Waals surface area contributed by atoms with Gasteiger partial charge in [-0.3, -0.25) is 14.8 Å². The Morgan fingerprint density at radius 3 is 2.88 bits per heavy atom. The number of amides is 1. The Hall–Kier alpha value is -2.48. The number of aromatic nitrogens is 3. The molecular formula is C16H18N6OS. The summed E-state index contributed by atoms with van der Waals surface area (Å²) in [6.07, 6.45) is 5.53. The third-order valence-electron chi connectivity index (χ3n) is 3.83. The third-order valence-corrected chi connectivity index (χ3v) is 4.63. The molecule has 0 aliphatic carbocycles. The minimum atomic E-state index is -0.401. The minimum Gasteiger partial charge on any atom is -0.379 e. The normalized spacial score (nSPS) is 20.3. The summed E-state index contributed by atoms with van der Waals surface area (Å²) in [4.78, 5) is 29.2. The molecule has 1 aliphatic rings. The number of carbonyl (C=O) groups is 1. The number of carbonyl (C=O) groups excluding carboxylic acids is 1. The Kier molecular flexibility index (Phi) is 4.48. The van der Waals surface area contributed by atoms with E-state index < -0.39 is 5.54 Å². The summed E-state index contributed by atoms with van der Waals surface area (Å²) in [6.45, 7) is 3.85.